The first-order valence-corrected chi connectivity index (χ1v) is 7.91. The number of hydrogen-bond acceptors (Lipinski definition) is 3. The highest BCUT2D eigenvalue weighted by molar-refractivity contribution is 7.90. The van der Waals surface area contributed by atoms with Gasteiger partial charge in [-0.15, -0.1) is 0 Å². The average Bonchev–Trinajstić information content (AvgIpc) is 3.13. The molecule has 0 atom stereocenters. The molecule has 2 saturated carbocycles. The molecule has 5 heteroatoms. The number of hydrogen-bond donors (Lipinski definition) is 1. The average molecular weight is 244 g/mol. The molecule has 2 aliphatic carbocycles. The molecule has 0 aromatic carbocycles. The predicted molar refractivity (Wildman–Crippen MR) is 62.7 cm³/mol. The van der Waals surface area contributed by atoms with E-state index in [1.54, 1.807) is 4.31 Å². The van der Waals surface area contributed by atoms with E-state index < -0.39 is 10.0 Å². The number of sulfonamides is 1. The molecule has 0 aromatic heterocycles. The van der Waals surface area contributed by atoms with Crippen LogP contribution in [0.25, 0.3) is 0 Å². The zero-order chi connectivity index (χ0) is 11.2. The van der Waals surface area contributed by atoms with Crippen LogP contribution in [0.4, 0.5) is 0 Å². The van der Waals surface area contributed by atoms with Crippen molar-refractivity contribution < 1.29 is 8.42 Å². The summed E-state index contributed by atoms with van der Waals surface area (Å²) in [6.07, 6.45) is 6.34. The van der Waals surface area contributed by atoms with Gasteiger partial charge >= 0.3 is 0 Å². The Morgan fingerprint density at radius 2 is 1.44 bits per heavy atom. The highest BCUT2D eigenvalue weighted by Gasteiger charge is 2.41. The third kappa shape index (κ3) is 2.26. The fraction of sp³-hybridized carbons (Fsp3) is 1.00. The Morgan fingerprint density at radius 1 is 0.875 bits per heavy atom. The summed E-state index contributed by atoms with van der Waals surface area (Å²) < 4.78 is 25.7. The highest BCUT2D eigenvalue weighted by Crippen LogP contribution is 2.32. The van der Waals surface area contributed by atoms with Crippen molar-refractivity contribution in [2.24, 2.45) is 0 Å². The van der Waals surface area contributed by atoms with Crippen molar-refractivity contribution in [2.45, 2.75) is 55.9 Å². The lowest BCUT2D eigenvalue weighted by molar-refractivity contribution is 0.288. The van der Waals surface area contributed by atoms with Crippen molar-refractivity contribution in [3.05, 3.63) is 0 Å². The molecule has 0 bridgehead atoms. The highest BCUT2D eigenvalue weighted by atomic mass is 32.2. The van der Waals surface area contributed by atoms with Gasteiger partial charge in [0.2, 0.25) is 10.0 Å². The third-order valence-corrected chi connectivity index (χ3v) is 6.21. The first-order valence-electron chi connectivity index (χ1n) is 6.41. The fourth-order valence-corrected chi connectivity index (χ4v) is 4.31. The molecule has 0 radical (unpaired) electrons. The molecule has 3 fully saturated rings. The lowest BCUT2D eigenvalue weighted by Crippen LogP contribution is -2.46. The van der Waals surface area contributed by atoms with Crippen molar-refractivity contribution in [3.8, 4) is 0 Å². The Morgan fingerprint density at radius 3 is 1.94 bits per heavy atom. The molecule has 1 heterocycles. The van der Waals surface area contributed by atoms with E-state index in [2.05, 4.69) is 5.32 Å². The number of nitrogens with zero attached hydrogens (tertiary/aromatic N) is 1. The Hall–Kier alpha value is -0.130. The van der Waals surface area contributed by atoms with E-state index >= 15 is 0 Å². The smallest absolute Gasteiger partial charge is 0.216 e. The minimum atomic E-state index is -2.92. The van der Waals surface area contributed by atoms with E-state index in [1.807, 2.05) is 0 Å². The Balaban J connectivity index is 1.53. The lowest BCUT2D eigenvalue weighted by atomic mass is 10.1. The van der Waals surface area contributed by atoms with E-state index in [9.17, 15) is 8.42 Å². The van der Waals surface area contributed by atoms with Crippen LogP contribution in [0.5, 0.6) is 0 Å². The van der Waals surface area contributed by atoms with Crippen molar-refractivity contribution in [2.75, 3.05) is 13.1 Å². The summed E-state index contributed by atoms with van der Waals surface area (Å²) in [5, 5.41) is 3.55. The molecule has 0 unspecified atom stereocenters. The third-order valence-electron chi connectivity index (χ3n) is 3.81. The first kappa shape index (κ1) is 11.0. The first-order chi connectivity index (χ1) is 7.66. The summed E-state index contributed by atoms with van der Waals surface area (Å²) in [5.41, 5.74) is 0. The standard InChI is InChI=1S/C11H20N2O2S/c14-16(15,11-3-4-11)13-7-5-10(6-8-13)12-9-1-2-9/h9-12H,1-8H2. The van der Waals surface area contributed by atoms with Gasteiger partial charge in [0, 0.05) is 25.2 Å². The zero-order valence-electron chi connectivity index (χ0n) is 9.56. The number of nitrogens with one attached hydrogen (secondary N) is 1. The SMILES string of the molecule is O=S(=O)(C1CC1)N1CCC(NC2CC2)CC1. The minimum absolute atomic E-state index is 0.0413. The fourth-order valence-electron chi connectivity index (χ4n) is 2.44. The van der Waals surface area contributed by atoms with Crippen LogP contribution in [0.2, 0.25) is 0 Å². The van der Waals surface area contributed by atoms with Crippen LogP contribution in [0, 0.1) is 0 Å². The minimum Gasteiger partial charge on any atom is -0.311 e. The van der Waals surface area contributed by atoms with Gasteiger partial charge in [0.25, 0.3) is 0 Å². The van der Waals surface area contributed by atoms with Gasteiger partial charge in [-0.05, 0) is 38.5 Å². The van der Waals surface area contributed by atoms with Gasteiger partial charge < -0.3 is 5.32 Å². The van der Waals surface area contributed by atoms with Gasteiger partial charge in [-0.25, -0.2) is 12.7 Å². The van der Waals surface area contributed by atoms with Crippen LogP contribution in [-0.2, 0) is 10.0 Å². The summed E-state index contributed by atoms with van der Waals surface area (Å²) in [4.78, 5) is 0. The quantitative estimate of drug-likeness (QED) is 0.792. The van der Waals surface area contributed by atoms with Gasteiger partial charge in [0.15, 0.2) is 0 Å². The van der Waals surface area contributed by atoms with Gasteiger partial charge in [-0.1, -0.05) is 0 Å². The van der Waals surface area contributed by atoms with Crippen molar-refractivity contribution >= 4 is 10.0 Å². The Bertz CT molecular complexity index is 352. The van der Waals surface area contributed by atoms with Crippen LogP contribution in [0.3, 0.4) is 0 Å². The molecule has 3 rings (SSSR count). The molecule has 0 aromatic rings. The second-order valence-corrected chi connectivity index (χ2v) is 7.57. The molecule has 3 aliphatic rings. The zero-order valence-corrected chi connectivity index (χ0v) is 10.4. The second-order valence-electron chi connectivity index (χ2n) is 5.36. The maximum absolute atomic E-state index is 12.0. The van der Waals surface area contributed by atoms with E-state index in [1.165, 1.54) is 12.8 Å². The predicted octanol–water partition coefficient (Wildman–Crippen LogP) is 0.695. The topological polar surface area (TPSA) is 49.4 Å². The monoisotopic (exact) mass is 244 g/mol. The van der Waals surface area contributed by atoms with E-state index in [0.29, 0.717) is 6.04 Å². The van der Waals surface area contributed by atoms with Crippen LogP contribution in [-0.4, -0.2) is 43.1 Å². The van der Waals surface area contributed by atoms with Crippen LogP contribution >= 0.6 is 0 Å². The Labute approximate surface area is 97.4 Å². The van der Waals surface area contributed by atoms with Gasteiger partial charge in [-0.2, -0.15) is 0 Å². The largest absolute Gasteiger partial charge is 0.311 e. The second kappa shape index (κ2) is 3.96. The molecule has 1 saturated heterocycles. The summed E-state index contributed by atoms with van der Waals surface area (Å²) in [6, 6.07) is 1.29. The van der Waals surface area contributed by atoms with E-state index in [4.69, 9.17) is 0 Å². The van der Waals surface area contributed by atoms with Crippen LogP contribution in [0.1, 0.15) is 38.5 Å². The molecule has 0 spiro atoms. The maximum atomic E-state index is 12.0. The Kier molecular flexibility index (Phi) is 2.72. The lowest BCUT2D eigenvalue weighted by Gasteiger charge is -2.31. The van der Waals surface area contributed by atoms with Crippen LogP contribution < -0.4 is 5.32 Å². The molecule has 4 nitrogen and oxygen atoms in total. The molecule has 92 valence electrons. The molecular formula is C11H20N2O2S. The van der Waals surface area contributed by atoms with E-state index in [-0.39, 0.29) is 5.25 Å². The summed E-state index contributed by atoms with van der Waals surface area (Å²) >= 11 is 0. The molecular weight excluding hydrogens is 224 g/mol. The van der Waals surface area contributed by atoms with Crippen molar-refractivity contribution in [3.63, 3.8) is 0 Å². The van der Waals surface area contributed by atoms with Gasteiger partial charge in [0.1, 0.15) is 0 Å². The van der Waals surface area contributed by atoms with E-state index in [0.717, 1.165) is 44.8 Å². The number of rotatable bonds is 4. The normalized spacial score (nSPS) is 29.5. The van der Waals surface area contributed by atoms with Gasteiger partial charge in [0.05, 0.1) is 5.25 Å². The molecule has 16 heavy (non-hydrogen) atoms. The van der Waals surface area contributed by atoms with Crippen molar-refractivity contribution in [1.82, 2.24) is 9.62 Å². The summed E-state index contributed by atoms with van der Waals surface area (Å²) in [7, 11) is -2.92. The summed E-state index contributed by atoms with van der Waals surface area (Å²) in [6.45, 7) is 1.45. The maximum Gasteiger partial charge on any atom is 0.216 e. The van der Waals surface area contributed by atoms with Crippen LogP contribution in [0.15, 0.2) is 0 Å². The molecule has 1 aliphatic heterocycles. The van der Waals surface area contributed by atoms with Gasteiger partial charge in [-0.3, -0.25) is 0 Å². The van der Waals surface area contributed by atoms with Crippen molar-refractivity contribution in [1.29, 1.82) is 0 Å². The number of piperidine rings is 1. The molecule has 0 amide bonds. The summed E-state index contributed by atoms with van der Waals surface area (Å²) in [5.74, 6) is 0. The molecule has 1 N–H and O–H groups in total.